The normalized spacial score (nSPS) is 30.4. The first-order valence-corrected chi connectivity index (χ1v) is 4.64. The fraction of sp³-hybridized carbons (Fsp3) is 0.889. The number of carbonyl (C=O) groups excluding carboxylic acids is 1. The molecule has 0 saturated carbocycles. The van der Waals surface area contributed by atoms with Crippen LogP contribution in [0.25, 0.3) is 0 Å². The summed E-state index contributed by atoms with van der Waals surface area (Å²) in [4.78, 5) is 13.1. The van der Waals surface area contributed by atoms with Gasteiger partial charge in [-0.2, -0.15) is 0 Å². The smallest absolute Gasteiger partial charge is 0.219 e. The van der Waals surface area contributed by atoms with Crippen LogP contribution in [0, 0.1) is 5.92 Å². The lowest BCUT2D eigenvalue weighted by atomic mass is 9.91. The van der Waals surface area contributed by atoms with Gasteiger partial charge in [0.2, 0.25) is 5.91 Å². The number of nitrogens with zero attached hydrogens (tertiary/aromatic N) is 1. The Balaban J connectivity index is 2.64. The molecule has 1 fully saturated rings. The predicted molar refractivity (Wildman–Crippen MR) is 48.6 cm³/mol. The van der Waals surface area contributed by atoms with E-state index in [1.54, 1.807) is 6.92 Å². The average molecular weight is 170 g/mol. The minimum absolute atomic E-state index is 0.164. The number of carbonyl (C=O) groups is 1. The Morgan fingerprint density at radius 3 is 2.75 bits per heavy atom. The highest BCUT2D eigenvalue weighted by atomic mass is 16.2. The summed E-state index contributed by atoms with van der Waals surface area (Å²) >= 11 is 0. The lowest BCUT2D eigenvalue weighted by Gasteiger charge is -2.38. The largest absolute Gasteiger partial charge is 0.338 e. The van der Waals surface area contributed by atoms with Crippen LogP contribution < -0.4 is 5.73 Å². The van der Waals surface area contributed by atoms with E-state index in [1.165, 1.54) is 6.42 Å². The SMILES string of the molecule is CC(=O)N1CCCC(C)C1CN. The molecule has 12 heavy (non-hydrogen) atoms. The van der Waals surface area contributed by atoms with E-state index in [9.17, 15) is 4.79 Å². The van der Waals surface area contributed by atoms with Gasteiger partial charge in [0.15, 0.2) is 0 Å². The third-order valence-corrected chi connectivity index (χ3v) is 2.76. The Hall–Kier alpha value is -0.570. The molecule has 3 nitrogen and oxygen atoms in total. The molecule has 1 aliphatic heterocycles. The van der Waals surface area contributed by atoms with Gasteiger partial charge in [0.05, 0.1) is 0 Å². The zero-order chi connectivity index (χ0) is 9.14. The van der Waals surface area contributed by atoms with Crippen molar-refractivity contribution in [3.8, 4) is 0 Å². The van der Waals surface area contributed by atoms with Crippen LogP contribution in [0.3, 0.4) is 0 Å². The second-order valence-corrected chi connectivity index (χ2v) is 3.63. The fourth-order valence-corrected chi connectivity index (χ4v) is 2.00. The molecule has 1 saturated heterocycles. The molecule has 0 aromatic rings. The van der Waals surface area contributed by atoms with Gasteiger partial charge in [-0.3, -0.25) is 4.79 Å². The molecule has 0 spiro atoms. The van der Waals surface area contributed by atoms with Gasteiger partial charge in [0.25, 0.3) is 0 Å². The summed E-state index contributed by atoms with van der Waals surface area (Å²) in [5, 5.41) is 0. The summed E-state index contributed by atoms with van der Waals surface area (Å²) in [5.74, 6) is 0.727. The van der Waals surface area contributed by atoms with Crippen LogP contribution in [-0.4, -0.2) is 29.9 Å². The molecule has 3 heteroatoms. The first-order chi connectivity index (χ1) is 5.66. The monoisotopic (exact) mass is 170 g/mol. The molecule has 0 aromatic carbocycles. The van der Waals surface area contributed by atoms with Crippen molar-refractivity contribution >= 4 is 5.91 Å². The van der Waals surface area contributed by atoms with E-state index in [-0.39, 0.29) is 11.9 Å². The van der Waals surface area contributed by atoms with Crippen LogP contribution in [0.2, 0.25) is 0 Å². The van der Waals surface area contributed by atoms with E-state index in [0.29, 0.717) is 12.5 Å². The van der Waals surface area contributed by atoms with E-state index in [1.807, 2.05) is 4.90 Å². The number of hydrogen-bond donors (Lipinski definition) is 1. The maximum absolute atomic E-state index is 11.2. The Morgan fingerprint density at radius 2 is 2.33 bits per heavy atom. The molecule has 0 radical (unpaired) electrons. The van der Waals surface area contributed by atoms with Gasteiger partial charge in [-0.05, 0) is 18.8 Å². The van der Waals surface area contributed by atoms with Gasteiger partial charge in [0, 0.05) is 26.1 Å². The molecular formula is C9H18N2O. The van der Waals surface area contributed by atoms with Gasteiger partial charge in [-0.25, -0.2) is 0 Å². The van der Waals surface area contributed by atoms with Crippen LogP contribution in [0.4, 0.5) is 0 Å². The van der Waals surface area contributed by atoms with Crippen molar-refractivity contribution in [1.29, 1.82) is 0 Å². The second-order valence-electron chi connectivity index (χ2n) is 3.63. The molecule has 0 bridgehead atoms. The molecule has 2 unspecified atom stereocenters. The topological polar surface area (TPSA) is 46.3 Å². The number of hydrogen-bond acceptors (Lipinski definition) is 2. The maximum Gasteiger partial charge on any atom is 0.219 e. The van der Waals surface area contributed by atoms with E-state index in [0.717, 1.165) is 13.0 Å². The van der Waals surface area contributed by atoms with Gasteiger partial charge in [0.1, 0.15) is 0 Å². The molecule has 1 heterocycles. The van der Waals surface area contributed by atoms with Gasteiger partial charge >= 0.3 is 0 Å². The summed E-state index contributed by atoms with van der Waals surface area (Å²) < 4.78 is 0. The molecule has 2 N–H and O–H groups in total. The summed E-state index contributed by atoms with van der Waals surface area (Å²) in [6, 6.07) is 0.274. The highest BCUT2D eigenvalue weighted by Crippen LogP contribution is 2.22. The quantitative estimate of drug-likeness (QED) is 0.626. The van der Waals surface area contributed by atoms with Crippen LogP contribution in [-0.2, 0) is 4.79 Å². The van der Waals surface area contributed by atoms with Crippen LogP contribution in [0.5, 0.6) is 0 Å². The first-order valence-electron chi connectivity index (χ1n) is 4.64. The van der Waals surface area contributed by atoms with E-state index < -0.39 is 0 Å². The molecule has 0 aromatic heterocycles. The van der Waals surface area contributed by atoms with E-state index >= 15 is 0 Å². The molecule has 1 aliphatic rings. The van der Waals surface area contributed by atoms with Crippen molar-refractivity contribution < 1.29 is 4.79 Å². The van der Waals surface area contributed by atoms with Crippen molar-refractivity contribution in [2.45, 2.75) is 32.7 Å². The Bertz CT molecular complexity index is 170. The number of piperidine rings is 1. The van der Waals surface area contributed by atoms with E-state index in [4.69, 9.17) is 5.73 Å². The summed E-state index contributed by atoms with van der Waals surface area (Å²) in [6.45, 7) is 5.29. The zero-order valence-electron chi connectivity index (χ0n) is 7.92. The Kier molecular flexibility index (Phi) is 3.09. The Labute approximate surface area is 73.9 Å². The molecule has 70 valence electrons. The first kappa shape index (κ1) is 9.52. The summed E-state index contributed by atoms with van der Waals surface area (Å²) in [6.07, 6.45) is 2.32. The lowest BCUT2D eigenvalue weighted by Crippen LogP contribution is -2.50. The van der Waals surface area contributed by atoms with Crippen molar-refractivity contribution in [1.82, 2.24) is 4.90 Å². The zero-order valence-corrected chi connectivity index (χ0v) is 7.92. The van der Waals surface area contributed by atoms with Crippen LogP contribution in [0.1, 0.15) is 26.7 Å². The van der Waals surface area contributed by atoms with Crippen LogP contribution >= 0.6 is 0 Å². The van der Waals surface area contributed by atoms with Crippen molar-refractivity contribution in [2.24, 2.45) is 11.7 Å². The van der Waals surface area contributed by atoms with Crippen LogP contribution in [0.15, 0.2) is 0 Å². The molecule has 1 amide bonds. The minimum Gasteiger partial charge on any atom is -0.338 e. The van der Waals surface area contributed by atoms with Crippen molar-refractivity contribution in [2.75, 3.05) is 13.1 Å². The molecule has 2 atom stereocenters. The standard InChI is InChI=1S/C9H18N2O/c1-7-4-3-5-11(8(2)12)9(7)6-10/h7,9H,3-6,10H2,1-2H3. The average Bonchev–Trinajstić information content (AvgIpc) is 2.03. The number of nitrogens with two attached hydrogens (primary N) is 1. The maximum atomic E-state index is 11.2. The lowest BCUT2D eigenvalue weighted by molar-refractivity contribution is -0.133. The minimum atomic E-state index is 0.164. The molecular weight excluding hydrogens is 152 g/mol. The third kappa shape index (κ3) is 1.78. The fourth-order valence-electron chi connectivity index (χ4n) is 2.00. The molecule has 1 rings (SSSR count). The molecule has 0 aliphatic carbocycles. The van der Waals surface area contributed by atoms with E-state index in [2.05, 4.69) is 6.92 Å². The summed E-state index contributed by atoms with van der Waals surface area (Å²) in [5.41, 5.74) is 5.63. The number of likely N-dealkylation sites (tertiary alicyclic amines) is 1. The predicted octanol–water partition coefficient (Wildman–Crippen LogP) is 0.592. The second kappa shape index (κ2) is 3.90. The van der Waals surface area contributed by atoms with Crippen molar-refractivity contribution in [3.05, 3.63) is 0 Å². The third-order valence-electron chi connectivity index (χ3n) is 2.76. The van der Waals surface area contributed by atoms with Gasteiger partial charge in [-0.15, -0.1) is 0 Å². The van der Waals surface area contributed by atoms with Crippen molar-refractivity contribution in [3.63, 3.8) is 0 Å². The Morgan fingerprint density at radius 1 is 1.67 bits per heavy atom. The van der Waals surface area contributed by atoms with Gasteiger partial charge < -0.3 is 10.6 Å². The number of amides is 1. The highest BCUT2D eigenvalue weighted by molar-refractivity contribution is 5.73. The van der Waals surface area contributed by atoms with Gasteiger partial charge in [-0.1, -0.05) is 6.92 Å². The highest BCUT2D eigenvalue weighted by Gasteiger charge is 2.28. The summed E-state index contributed by atoms with van der Waals surface area (Å²) in [7, 11) is 0. The number of rotatable bonds is 1.